The maximum atomic E-state index is 12.1. The van der Waals surface area contributed by atoms with Gasteiger partial charge in [0.05, 0.1) is 23.8 Å². The van der Waals surface area contributed by atoms with E-state index in [1.807, 2.05) is 19.4 Å². The van der Waals surface area contributed by atoms with Crippen LogP contribution in [0.5, 0.6) is 0 Å². The Hall–Kier alpha value is -0.980. The third-order valence-corrected chi connectivity index (χ3v) is 3.88. The molecule has 1 aliphatic heterocycles. The zero-order chi connectivity index (χ0) is 13.0. The monoisotopic (exact) mass is 268 g/mol. The molecule has 1 saturated heterocycles. The highest BCUT2D eigenvalue weighted by atomic mass is 32.1. The van der Waals surface area contributed by atoms with E-state index in [4.69, 9.17) is 0 Å². The molecular weight excluding hydrogens is 248 g/mol. The van der Waals surface area contributed by atoms with Crippen molar-refractivity contribution >= 4 is 17.2 Å². The average Bonchev–Trinajstić information content (AvgIpc) is 2.76. The minimum atomic E-state index is 0.169. The second kappa shape index (κ2) is 6.26. The molecule has 100 valence electrons. The number of likely N-dealkylation sites (N-methyl/N-ethyl adjacent to an activating group) is 1. The Morgan fingerprint density at radius 3 is 2.89 bits per heavy atom. The predicted molar refractivity (Wildman–Crippen MR) is 72.6 cm³/mol. The van der Waals surface area contributed by atoms with Crippen LogP contribution in [0.1, 0.15) is 10.7 Å². The van der Waals surface area contributed by atoms with Gasteiger partial charge in [0.2, 0.25) is 5.91 Å². The Morgan fingerprint density at radius 2 is 2.28 bits per heavy atom. The van der Waals surface area contributed by atoms with Gasteiger partial charge < -0.3 is 10.2 Å². The quantitative estimate of drug-likeness (QED) is 0.854. The van der Waals surface area contributed by atoms with E-state index in [-0.39, 0.29) is 5.91 Å². The second-order valence-electron chi connectivity index (χ2n) is 4.63. The van der Waals surface area contributed by atoms with Crippen molar-refractivity contribution in [3.63, 3.8) is 0 Å². The Morgan fingerprint density at radius 1 is 1.56 bits per heavy atom. The van der Waals surface area contributed by atoms with Crippen LogP contribution in [-0.2, 0) is 11.3 Å². The molecule has 0 bridgehead atoms. The molecule has 1 aromatic heterocycles. The lowest BCUT2D eigenvalue weighted by atomic mass is 10.3. The van der Waals surface area contributed by atoms with Gasteiger partial charge in [-0.05, 0) is 6.92 Å². The summed E-state index contributed by atoms with van der Waals surface area (Å²) >= 11 is 1.63. The van der Waals surface area contributed by atoms with Gasteiger partial charge in [-0.25, -0.2) is 4.98 Å². The van der Waals surface area contributed by atoms with E-state index in [1.165, 1.54) is 0 Å². The van der Waals surface area contributed by atoms with E-state index >= 15 is 0 Å². The Balaban J connectivity index is 1.80. The van der Waals surface area contributed by atoms with Gasteiger partial charge in [-0.1, -0.05) is 0 Å². The summed E-state index contributed by atoms with van der Waals surface area (Å²) in [6, 6.07) is 0. The molecule has 0 aliphatic carbocycles. The van der Waals surface area contributed by atoms with Gasteiger partial charge in [0.25, 0.3) is 0 Å². The van der Waals surface area contributed by atoms with E-state index in [1.54, 1.807) is 16.2 Å². The number of hydrogen-bond donors (Lipinski definition) is 1. The van der Waals surface area contributed by atoms with Crippen LogP contribution >= 0.6 is 11.3 Å². The first-order chi connectivity index (χ1) is 8.65. The highest BCUT2D eigenvalue weighted by molar-refractivity contribution is 7.09. The van der Waals surface area contributed by atoms with E-state index in [2.05, 4.69) is 15.2 Å². The molecule has 2 rings (SSSR count). The third kappa shape index (κ3) is 3.76. The summed E-state index contributed by atoms with van der Waals surface area (Å²) < 4.78 is 0. The zero-order valence-corrected chi connectivity index (χ0v) is 11.8. The molecule has 6 heteroatoms. The summed E-state index contributed by atoms with van der Waals surface area (Å²) in [4.78, 5) is 20.4. The van der Waals surface area contributed by atoms with Crippen molar-refractivity contribution in [3.05, 3.63) is 16.1 Å². The molecule has 18 heavy (non-hydrogen) atoms. The number of carbonyl (C=O) groups excluding carboxylic acids is 1. The molecule has 1 N–H and O–H groups in total. The van der Waals surface area contributed by atoms with Crippen molar-refractivity contribution in [1.82, 2.24) is 20.1 Å². The van der Waals surface area contributed by atoms with Gasteiger partial charge in [0, 0.05) is 38.6 Å². The topological polar surface area (TPSA) is 48.5 Å². The molecule has 1 aliphatic rings. The van der Waals surface area contributed by atoms with Crippen molar-refractivity contribution in [1.29, 1.82) is 0 Å². The molecule has 0 spiro atoms. The SMILES string of the molecule is Cc1nc(CN(C)C(=O)CN2CCNCC2)cs1. The Labute approximate surface area is 112 Å². The van der Waals surface area contributed by atoms with E-state index < -0.39 is 0 Å². The van der Waals surface area contributed by atoms with Crippen molar-refractivity contribution < 1.29 is 4.79 Å². The highest BCUT2D eigenvalue weighted by Crippen LogP contribution is 2.10. The summed E-state index contributed by atoms with van der Waals surface area (Å²) in [6.45, 7) is 6.96. The number of piperazine rings is 1. The lowest BCUT2D eigenvalue weighted by Gasteiger charge is -2.28. The first-order valence-electron chi connectivity index (χ1n) is 6.23. The number of rotatable bonds is 4. The number of nitrogens with zero attached hydrogens (tertiary/aromatic N) is 3. The number of aromatic nitrogens is 1. The first kappa shape index (κ1) is 13.5. The zero-order valence-electron chi connectivity index (χ0n) is 11.0. The molecule has 0 aromatic carbocycles. The lowest BCUT2D eigenvalue weighted by Crippen LogP contribution is -2.47. The van der Waals surface area contributed by atoms with Gasteiger partial charge >= 0.3 is 0 Å². The van der Waals surface area contributed by atoms with Crippen LogP contribution < -0.4 is 5.32 Å². The van der Waals surface area contributed by atoms with Crippen LogP contribution in [0, 0.1) is 6.92 Å². The number of hydrogen-bond acceptors (Lipinski definition) is 5. The molecule has 0 atom stereocenters. The van der Waals surface area contributed by atoms with Crippen LogP contribution in [-0.4, -0.2) is 60.5 Å². The van der Waals surface area contributed by atoms with Crippen LogP contribution in [0.25, 0.3) is 0 Å². The largest absolute Gasteiger partial charge is 0.339 e. The molecule has 0 saturated carbocycles. The molecule has 0 unspecified atom stereocenters. The Bertz CT molecular complexity index is 401. The van der Waals surface area contributed by atoms with Crippen LogP contribution in [0.3, 0.4) is 0 Å². The number of nitrogens with one attached hydrogen (secondary N) is 1. The fraction of sp³-hybridized carbons (Fsp3) is 0.667. The number of amides is 1. The summed E-state index contributed by atoms with van der Waals surface area (Å²) in [7, 11) is 1.85. The maximum absolute atomic E-state index is 12.1. The number of aryl methyl sites for hydroxylation is 1. The molecular formula is C12H20N4OS. The second-order valence-corrected chi connectivity index (χ2v) is 5.70. The van der Waals surface area contributed by atoms with Crippen LogP contribution in [0.2, 0.25) is 0 Å². The van der Waals surface area contributed by atoms with E-state index in [0.717, 1.165) is 36.9 Å². The minimum absolute atomic E-state index is 0.169. The van der Waals surface area contributed by atoms with E-state index in [9.17, 15) is 4.79 Å². The average molecular weight is 268 g/mol. The smallest absolute Gasteiger partial charge is 0.236 e. The maximum Gasteiger partial charge on any atom is 0.236 e. The molecule has 2 heterocycles. The van der Waals surface area contributed by atoms with Gasteiger partial charge in [-0.15, -0.1) is 11.3 Å². The van der Waals surface area contributed by atoms with Crippen LogP contribution in [0.15, 0.2) is 5.38 Å². The number of thiazole rings is 1. The minimum Gasteiger partial charge on any atom is -0.339 e. The predicted octanol–water partition coefficient (Wildman–Crippen LogP) is 0.315. The molecule has 5 nitrogen and oxygen atoms in total. The van der Waals surface area contributed by atoms with E-state index in [0.29, 0.717) is 13.1 Å². The van der Waals surface area contributed by atoms with Crippen LogP contribution in [0.4, 0.5) is 0 Å². The third-order valence-electron chi connectivity index (χ3n) is 3.06. The fourth-order valence-electron chi connectivity index (χ4n) is 1.99. The lowest BCUT2D eigenvalue weighted by molar-refractivity contribution is -0.131. The van der Waals surface area contributed by atoms with Crippen molar-refractivity contribution in [2.75, 3.05) is 39.8 Å². The van der Waals surface area contributed by atoms with Gasteiger partial charge in [0.1, 0.15) is 0 Å². The summed E-state index contributed by atoms with van der Waals surface area (Å²) in [6.07, 6.45) is 0. The Kier molecular flexibility index (Phi) is 4.68. The van der Waals surface area contributed by atoms with Crippen molar-refractivity contribution in [2.45, 2.75) is 13.5 Å². The highest BCUT2D eigenvalue weighted by Gasteiger charge is 2.16. The summed E-state index contributed by atoms with van der Waals surface area (Å²) in [5.74, 6) is 0.169. The molecule has 1 aromatic rings. The van der Waals surface area contributed by atoms with Crippen molar-refractivity contribution in [2.24, 2.45) is 0 Å². The summed E-state index contributed by atoms with van der Waals surface area (Å²) in [5, 5.41) is 6.35. The van der Waals surface area contributed by atoms with Crippen molar-refractivity contribution in [3.8, 4) is 0 Å². The van der Waals surface area contributed by atoms with Gasteiger partial charge in [-0.3, -0.25) is 9.69 Å². The molecule has 0 radical (unpaired) electrons. The normalized spacial score (nSPS) is 16.8. The standard InChI is InChI=1S/C12H20N4OS/c1-10-14-11(9-18-10)7-15(2)12(17)8-16-5-3-13-4-6-16/h9,13H,3-8H2,1-2H3. The molecule has 1 fully saturated rings. The van der Waals surface area contributed by atoms with Gasteiger partial charge in [-0.2, -0.15) is 0 Å². The van der Waals surface area contributed by atoms with Gasteiger partial charge in [0.15, 0.2) is 0 Å². The fourth-order valence-corrected chi connectivity index (χ4v) is 2.60. The summed E-state index contributed by atoms with van der Waals surface area (Å²) in [5.41, 5.74) is 0.980. The first-order valence-corrected chi connectivity index (χ1v) is 7.11. The number of carbonyl (C=O) groups is 1. The molecule has 1 amide bonds.